The molecule has 2 aliphatic rings. The predicted octanol–water partition coefficient (Wildman–Crippen LogP) is 1.62. The quantitative estimate of drug-likeness (QED) is 0.914. The number of urea groups is 1. The molecule has 0 aliphatic carbocycles. The molecule has 0 spiro atoms. The summed E-state index contributed by atoms with van der Waals surface area (Å²) in [5.74, 6) is -0.486. The van der Waals surface area contributed by atoms with Gasteiger partial charge in [-0.1, -0.05) is 12.1 Å². The molecule has 0 bridgehead atoms. The van der Waals surface area contributed by atoms with Crippen molar-refractivity contribution >= 4 is 12.0 Å². The normalized spacial score (nSPS) is 22.0. The summed E-state index contributed by atoms with van der Waals surface area (Å²) >= 11 is 0. The van der Waals surface area contributed by atoms with Crippen molar-refractivity contribution in [2.45, 2.75) is 12.8 Å². The van der Waals surface area contributed by atoms with E-state index < -0.39 is 5.97 Å². The summed E-state index contributed by atoms with van der Waals surface area (Å²) in [4.78, 5) is 29.8. The van der Waals surface area contributed by atoms with E-state index in [0.717, 1.165) is 57.7 Å². The van der Waals surface area contributed by atoms with Crippen molar-refractivity contribution in [2.24, 2.45) is 5.92 Å². The molecule has 6 nitrogen and oxygen atoms in total. The first kappa shape index (κ1) is 16.8. The average Bonchev–Trinajstić information content (AvgIpc) is 3.03. The van der Waals surface area contributed by atoms with Gasteiger partial charge in [0.1, 0.15) is 0 Å². The monoisotopic (exact) mass is 331 g/mol. The van der Waals surface area contributed by atoms with E-state index in [0.29, 0.717) is 11.5 Å². The number of hydrogen-bond donors (Lipinski definition) is 1. The van der Waals surface area contributed by atoms with Crippen molar-refractivity contribution in [3.05, 3.63) is 35.4 Å². The number of nitrogens with zero attached hydrogens (tertiary/aromatic N) is 3. The molecular weight excluding hydrogens is 306 g/mol. The Kier molecular flexibility index (Phi) is 5.04. The number of amides is 2. The highest BCUT2D eigenvalue weighted by Crippen LogP contribution is 2.22. The van der Waals surface area contributed by atoms with E-state index in [1.807, 2.05) is 15.9 Å². The van der Waals surface area contributed by atoms with Crippen LogP contribution in [0.3, 0.4) is 0 Å². The lowest BCUT2D eigenvalue weighted by Gasteiger charge is -2.35. The van der Waals surface area contributed by atoms with E-state index in [1.165, 1.54) is 0 Å². The molecule has 0 unspecified atom stereocenters. The maximum absolute atomic E-state index is 12.6. The maximum Gasteiger partial charge on any atom is 0.335 e. The summed E-state index contributed by atoms with van der Waals surface area (Å²) in [7, 11) is 2.08. The highest BCUT2D eigenvalue weighted by atomic mass is 16.4. The van der Waals surface area contributed by atoms with E-state index in [-0.39, 0.29) is 6.03 Å². The van der Waals surface area contributed by atoms with E-state index in [9.17, 15) is 9.59 Å². The Labute approximate surface area is 142 Å². The zero-order valence-electron chi connectivity index (χ0n) is 14.1. The molecule has 2 heterocycles. The Balaban J connectivity index is 1.54. The van der Waals surface area contributed by atoms with E-state index >= 15 is 0 Å². The molecule has 1 N–H and O–H groups in total. The average molecular weight is 331 g/mol. The number of likely N-dealkylation sites (N-methyl/N-ethyl adjacent to an activating group) is 1. The van der Waals surface area contributed by atoms with Gasteiger partial charge in [0.2, 0.25) is 0 Å². The second-order valence-corrected chi connectivity index (χ2v) is 6.88. The fourth-order valence-electron chi connectivity index (χ4n) is 3.54. The molecule has 6 heteroatoms. The van der Waals surface area contributed by atoms with Gasteiger partial charge in [-0.2, -0.15) is 0 Å². The van der Waals surface area contributed by atoms with Crippen molar-refractivity contribution in [1.29, 1.82) is 0 Å². The Morgan fingerprint density at radius 2 is 1.88 bits per heavy atom. The van der Waals surface area contributed by atoms with Crippen LogP contribution in [0.2, 0.25) is 0 Å². The lowest BCUT2D eigenvalue weighted by Crippen LogP contribution is -2.51. The molecule has 1 aromatic rings. The summed E-state index contributed by atoms with van der Waals surface area (Å²) in [6.45, 7) is 5.04. The van der Waals surface area contributed by atoms with Crippen molar-refractivity contribution in [3.8, 4) is 0 Å². The summed E-state index contributed by atoms with van der Waals surface area (Å²) in [5, 5.41) is 9.09. The highest BCUT2D eigenvalue weighted by Gasteiger charge is 2.30. The van der Waals surface area contributed by atoms with Gasteiger partial charge in [-0.3, -0.25) is 0 Å². The van der Waals surface area contributed by atoms with Gasteiger partial charge in [0.15, 0.2) is 0 Å². The molecule has 1 atom stereocenters. The number of aromatic carboxylic acids is 1. The fourth-order valence-corrected chi connectivity index (χ4v) is 3.54. The SMILES string of the molecule is CN1CCN(C(=O)N2CC[C@H](Cc3cccc(C(=O)O)c3)C2)CC1. The van der Waals surface area contributed by atoms with Crippen LogP contribution in [0.4, 0.5) is 4.79 Å². The molecule has 3 rings (SSSR count). The first-order valence-electron chi connectivity index (χ1n) is 8.57. The van der Waals surface area contributed by atoms with Crippen LogP contribution < -0.4 is 0 Å². The lowest BCUT2D eigenvalue weighted by atomic mass is 9.97. The number of benzene rings is 1. The highest BCUT2D eigenvalue weighted by molar-refractivity contribution is 5.87. The number of likely N-dealkylation sites (tertiary alicyclic amines) is 1. The molecule has 2 fully saturated rings. The summed E-state index contributed by atoms with van der Waals surface area (Å²) < 4.78 is 0. The third-order valence-corrected chi connectivity index (χ3v) is 5.03. The van der Waals surface area contributed by atoms with Gasteiger partial charge in [-0.15, -0.1) is 0 Å². The van der Waals surface area contributed by atoms with Crippen LogP contribution >= 0.6 is 0 Å². The van der Waals surface area contributed by atoms with Crippen molar-refractivity contribution < 1.29 is 14.7 Å². The molecule has 130 valence electrons. The Bertz CT molecular complexity index is 611. The van der Waals surface area contributed by atoms with Crippen LogP contribution in [0.25, 0.3) is 0 Å². The predicted molar refractivity (Wildman–Crippen MR) is 91.3 cm³/mol. The van der Waals surface area contributed by atoms with E-state index in [1.54, 1.807) is 18.2 Å². The minimum absolute atomic E-state index is 0.157. The number of carbonyl (C=O) groups excluding carboxylic acids is 1. The zero-order valence-corrected chi connectivity index (χ0v) is 14.1. The van der Waals surface area contributed by atoms with E-state index in [4.69, 9.17) is 5.11 Å². The minimum atomic E-state index is -0.893. The fraction of sp³-hybridized carbons (Fsp3) is 0.556. The zero-order chi connectivity index (χ0) is 17.1. The number of carbonyl (C=O) groups is 2. The maximum atomic E-state index is 12.6. The van der Waals surface area contributed by atoms with Gasteiger partial charge in [0.25, 0.3) is 0 Å². The molecule has 0 saturated carbocycles. The van der Waals surface area contributed by atoms with Crippen LogP contribution in [0, 0.1) is 5.92 Å². The molecule has 24 heavy (non-hydrogen) atoms. The summed E-state index contributed by atoms with van der Waals surface area (Å²) in [5.41, 5.74) is 1.37. The van der Waals surface area contributed by atoms with Crippen LogP contribution in [0.15, 0.2) is 24.3 Å². The standard InChI is InChI=1S/C18H25N3O3/c1-19-7-9-20(10-8-19)18(24)21-6-5-15(13-21)11-14-3-2-4-16(12-14)17(22)23/h2-4,12,15H,5-11,13H2,1H3,(H,22,23)/t15-/m1/s1. The van der Waals surface area contributed by atoms with Gasteiger partial charge in [0, 0.05) is 39.3 Å². The number of rotatable bonds is 3. The summed E-state index contributed by atoms with van der Waals surface area (Å²) in [6, 6.07) is 7.28. The summed E-state index contributed by atoms with van der Waals surface area (Å²) in [6.07, 6.45) is 1.81. The second kappa shape index (κ2) is 7.21. The molecule has 2 amide bonds. The number of carboxylic acid groups (broad SMARTS) is 1. The van der Waals surface area contributed by atoms with Gasteiger partial charge in [-0.05, 0) is 43.5 Å². The third-order valence-electron chi connectivity index (χ3n) is 5.03. The smallest absolute Gasteiger partial charge is 0.335 e. The van der Waals surface area contributed by atoms with Crippen molar-refractivity contribution in [1.82, 2.24) is 14.7 Å². The Morgan fingerprint density at radius 3 is 2.58 bits per heavy atom. The van der Waals surface area contributed by atoms with Crippen LogP contribution in [0.5, 0.6) is 0 Å². The first-order chi connectivity index (χ1) is 11.5. The van der Waals surface area contributed by atoms with Gasteiger partial charge >= 0.3 is 12.0 Å². The van der Waals surface area contributed by atoms with Crippen molar-refractivity contribution in [2.75, 3.05) is 46.3 Å². The molecule has 2 saturated heterocycles. The van der Waals surface area contributed by atoms with Crippen LogP contribution in [0.1, 0.15) is 22.3 Å². The van der Waals surface area contributed by atoms with Gasteiger partial charge in [0.05, 0.1) is 5.56 Å². The first-order valence-corrected chi connectivity index (χ1v) is 8.57. The van der Waals surface area contributed by atoms with Crippen LogP contribution in [-0.2, 0) is 6.42 Å². The minimum Gasteiger partial charge on any atom is -0.478 e. The van der Waals surface area contributed by atoms with Gasteiger partial charge < -0.3 is 19.8 Å². The lowest BCUT2D eigenvalue weighted by molar-refractivity contribution is 0.0696. The Hall–Kier alpha value is -2.08. The van der Waals surface area contributed by atoms with Crippen molar-refractivity contribution in [3.63, 3.8) is 0 Å². The molecule has 0 aromatic heterocycles. The molecule has 0 radical (unpaired) electrons. The van der Waals surface area contributed by atoms with Crippen LogP contribution in [-0.4, -0.2) is 78.1 Å². The largest absolute Gasteiger partial charge is 0.478 e. The molecule has 2 aliphatic heterocycles. The number of hydrogen-bond acceptors (Lipinski definition) is 3. The third kappa shape index (κ3) is 3.87. The second-order valence-electron chi connectivity index (χ2n) is 6.88. The number of piperazine rings is 1. The molecule has 1 aromatic carbocycles. The van der Waals surface area contributed by atoms with E-state index in [2.05, 4.69) is 11.9 Å². The topological polar surface area (TPSA) is 64.1 Å². The van der Waals surface area contributed by atoms with Gasteiger partial charge in [-0.25, -0.2) is 9.59 Å². The Morgan fingerprint density at radius 1 is 1.12 bits per heavy atom. The number of carboxylic acids is 1. The molecular formula is C18H25N3O3.